The lowest BCUT2D eigenvalue weighted by molar-refractivity contribution is -0.113. The molecule has 0 heterocycles. The van der Waals surface area contributed by atoms with Gasteiger partial charge in [-0.25, -0.2) is 0 Å². The number of nitrogens with one attached hydrogen (secondary N) is 1. The molecule has 0 unspecified atom stereocenters. The molecule has 0 atom stereocenters. The highest BCUT2D eigenvalue weighted by Gasteiger charge is 2.14. The highest BCUT2D eigenvalue weighted by molar-refractivity contribution is 5.54. The smallest absolute Gasteiger partial charge is 0.123 e. The molecule has 0 amide bonds. The Morgan fingerprint density at radius 3 is 1.64 bits per heavy atom. The van der Waals surface area contributed by atoms with Crippen LogP contribution in [0.3, 0.4) is 0 Å². The molecule has 1 fully saturated rings. The summed E-state index contributed by atoms with van der Waals surface area (Å²) in [6.45, 7) is 4.00. The fraction of sp³-hybridized carbons (Fsp3) is 0.889. The summed E-state index contributed by atoms with van der Waals surface area (Å²) < 4.78 is 0. The van der Waals surface area contributed by atoms with Crippen LogP contribution in [0.15, 0.2) is 0 Å². The Labute approximate surface area is 70.4 Å². The Morgan fingerprint density at radius 1 is 1.27 bits per heavy atom. The standard InChI is InChI=1S/C5H8O.C2H7N.C2H6/c6-4-5-2-1-3-5;1-3-2;1-2/h4-5H,1-3H2;3H,1-2H3;1-2H3. The van der Waals surface area contributed by atoms with Gasteiger partial charge in [0.2, 0.25) is 0 Å². The fourth-order valence-corrected chi connectivity index (χ4v) is 0.576. The van der Waals surface area contributed by atoms with Crippen molar-refractivity contribution in [3.63, 3.8) is 0 Å². The lowest BCUT2D eigenvalue weighted by atomic mass is 9.87. The van der Waals surface area contributed by atoms with E-state index in [9.17, 15) is 4.79 Å². The van der Waals surface area contributed by atoms with Gasteiger partial charge < -0.3 is 10.1 Å². The van der Waals surface area contributed by atoms with Crippen LogP contribution in [-0.4, -0.2) is 20.4 Å². The molecule has 1 aliphatic carbocycles. The van der Waals surface area contributed by atoms with Gasteiger partial charge in [-0.2, -0.15) is 0 Å². The van der Waals surface area contributed by atoms with Crippen LogP contribution >= 0.6 is 0 Å². The van der Waals surface area contributed by atoms with E-state index in [0.29, 0.717) is 5.92 Å². The number of carbonyl (C=O) groups excluding carboxylic acids is 1. The van der Waals surface area contributed by atoms with E-state index >= 15 is 0 Å². The van der Waals surface area contributed by atoms with Crippen molar-refractivity contribution in [1.82, 2.24) is 5.32 Å². The number of hydrogen-bond acceptors (Lipinski definition) is 2. The van der Waals surface area contributed by atoms with Crippen molar-refractivity contribution in [1.29, 1.82) is 0 Å². The molecule has 1 N–H and O–H groups in total. The first-order valence-electron chi connectivity index (χ1n) is 4.39. The second-order valence-corrected chi connectivity index (χ2v) is 2.33. The van der Waals surface area contributed by atoms with Crippen molar-refractivity contribution in [3.05, 3.63) is 0 Å². The van der Waals surface area contributed by atoms with Crippen LogP contribution in [0.5, 0.6) is 0 Å². The van der Waals surface area contributed by atoms with Gasteiger partial charge >= 0.3 is 0 Å². The average molecular weight is 159 g/mol. The van der Waals surface area contributed by atoms with Gasteiger partial charge in [-0.15, -0.1) is 0 Å². The van der Waals surface area contributed by atoms with E-state index in [1.165, 1.54) is 6.42 Å². The Balaban J connectivity index is 0. The van der Waals surface area contributed by atoms with Gasteiger partial charge in [-0.1, -0.05) is 20.3 Å². The van der Waals surface area contributed by atoms with Crippen molar-refractivity contribution in [3.8, 4) is 0 Å². The molecule has 0 bridgehead atoms. The molecule has 0 aliphatic heterocycles. The first-order valence-corrected chi connectivity index (χ1v) is 4.39. The van der Waals surface area contributed by atoms with Crippen LogP contribution in [0.1, 0.15) is 33.1 Å². The van der Waals surface area contributed by atoms with Crippen molar-refractivity contribution < 1.29 is 4.79 Å². The van der Waals surface area contributed by atoms with Gasteiger partial charge in [0.1, 0.15) is 6.29 Å². The SMILES string of the molecule is CC.CNC.O=CC1CCC1. The summed E-state index contributed by atoms with van der Waals surface area (Å²) in [4.78, 5) is 9.79. The van der Waals surface area contributed by atoms with Gasteiger partial charge in [0.25, 0.3) is 0 Å². The van der Waals surface area contributed by atoms with E-state index < -0.39 is 0 Å². The minimum absolute atomic E-state index is 0.435. The second kappa shape index (κ2) is 12.3. The predicted octanol–water partition coefficient (Wildman–Crippen LogP) is 1.85. The van der Waals surface area contributed by atoms with Crippen molar-refractivity contribution in [2.75, 3.05) is 14.1 Å². The largest absolute Gasteiger partial charge is 0.323 e. The topological polar surface area (TPSA) is 29.1 Å². The summed E-state index contributed by atoms with van der Waals surface area (Å²) in [6, 6.07) is 0. The third kappa shape index (κ3) is 9.63. The minimum atomic E-state index is 0.435. The van der Waals surface area contributed by atoms with Gasteiger partial charge in [-0.3, -0.25) is 0 Å². The molecule has 0 aromatic rings. The van der Waals surface area contributed by atoms with E-state index in [1.54, 1.807) is 0 Å². The summed E-state index contributed by atoms with van der Waals surface area (Å²) in [7, 11) is 3.75. The Morgan fingerprint density at radius 2 is 1.64 bits per heavy atom. The molecule has 0 saturated heterocycles. The first kappa shape index (κ1) is 13.2. The third-order valence-corrected chi connectivity index (χ3v) is 1.34. The summed E-state index contributed by atoms with van der Waals surface area (Å²) >= 11 is 0. The molecule has 68 valence electrons. The number of hydrogen-bond donors (Lipinski definition) is 1. The molecule has 2 nitrogen and oxygen atoms in total. The maximum atomic E-state index is 9.79. The van der Waals surface area contributed by atoms with Crippen LogP contribution in [-0.2, 0) is 4.79 Å². The minimum Gasteiger partial charge on any atom is -0.323 e. The lowest BCUT2D eigenvalue weighted by Gasteiger charge is -2.17. The molecule has 0 aromatic carbocycles. The summed E-state index contributed by atoms with van der Waals surface area (Å²) in [5, 5.41) is 2.75. The van der Waals surface area contributed by atoms with E-state index in [1.807, 2.05) is 27.9 Å². The number of rotatable bonds is 1. The Kier molecular flexibility index (Phi) is 14.8. The molecule has 1 aliphatic rings. The van der Waals surface area contributed by atoms with Crippen LogP contribution in [0.25, 0.3) is 0 Å². The second-order valence-electron chi connectivity index (χ2n) is 2.33. The highest BCUT2D eigenvalue weighted by Crippen LogP contribution is 2.23. The lowest BCUT2D eigenvalue weighted by Crippen LogP contribution is -2.10. The van der Waals surface area contributed by atoms with Crippen LogP contribution in [0.2, 0.25) is 0 Å². The van der Waals surface area contributed by atoms with Crippen molar-refractivity contribution >= 4 is 6.29 Å². The number of carbonyl (C=O) groups is 1. The Bertz CT molecular complexity index is 70.0. The fourth-order valence-electron chi connectivity index (χ4n) is 0.576. The quantitative estimate of drug-likeness (QED) is 0.592. The molecular weight excluding hydrogens is 138 g/mol. The van der Waals surface area contributed by atoms with Crippen LogP contribution in [0, 0.1) is 5.92 Å². The molecule has 0 aromatic heterocycles. The van der Waals surface area contributed by atoms with Gasteiger partial charge in [0.15, 0.2) is 0 Å². The average Bonchev–Trinajstić information content (AvgIpc) is 1.91. The monoisotopic (exact) mass is 159 g/mol. The maximum Gasteiger partial charge on any atom is 0.123 e. The normalized spacial score (nSPS) is 14.5. The molecule has 2 heteroatoms. The molecule has 0 spiro atoms. The van der Waals surface area contributed by atoms with Gasteiger partial charge in [-0.05, 0) is 26.9 Å². The molecule has 0 radical (unpaired) electrons. The van der Waals surface area contributed by atoms with Gasteiger partial charge in [0, 0.05) is 5.92 Å². The van der Waals surface area contributed by atoms with Gasteiger partial charge in [0.05, 0.1) is 0 Å². The number of aldehydes is 1. The van der Waals surface area contributed by atoms with Crippen LogP contribution in [0.4, 0.5) is 0 Å². The highest BCUT2D eigenvalue weighted by atomic mass is 16.1. The molecule has 1 saturated carbocycles. The van der Waals surface area contributed by atoms with E-state index in [-0.39, 0.29) is 0 Å². The summed E-state index contributed by atoms with van der Waals surface area (Å²) in [5.74, 6) is 0.435. The van der Waals surface area contributed by atoms with Crippen molar-refractivity contribution in [2.24, 2.45) is 5.92 Å². The molecule has 11 heavy (non-hydrogen) atoms. The third-order valence-electron chi connectivity index (χ3n) is 1.34. The maximum absolute atomic E-state index is 9.79. The Hall–Kier alpha value is -0.370. The molecular formula is C9H21NO. The van der Waals surface area contributed by atoms with E-state index in [4.69, 9.17) is 0 Å². The zero-order chi connectivity index (χ0) is 9.11. The summed E-state index contributed by atoms with van der Waals surface area (Å²) in [6.07, 6.45) is 4.61. The van der Waals surface area contributed by atoms with E-state index in [2.05, 4.69) is 5.32 Å². The summed E-state index contributed by atoms with van der Waals surface area (Å²) in [5.41, 5.74) is 0. The first-order chi connectivity index (χ1) is 5.35. The van der Waals surface area contributed by atoms with Crippen molar-refractivity contribution in [2.45, 2.75) is 33.1 Å². The van der Waals surface area contributed by atoms with E-state index in [0.717, 1.165) is 19.1 Å². The zero-order valence-electron chi connectivity index (χ0n) is 8.18. The zero-order valence-corrected chi connectivity index (χ0v) is 8.18. The predicted molar refractivity (Wildman–Crippen MR) is 49.7 cm³/mol. The molecule has 1 rings (SSSR count). The van der Waals surface area contributed by atoms with Crippen LogP contribution < -0.4 is 5.32 Å².